The van der Waals surface area contributed by atoms with E-state index in [0.29, 0.717) is 22.8 Å². The Morgan fingerprint density at radius 1 is 1.15 bits per heavy atom. The van der Waals surface area contributed by atoms with Crippen LogP contribution in [0.5, 0.6) is 5.88 Å². The third-order valence-electron chi connectivity index (χ3n) is 6.21. The molecular weight excluding hydrogens is 456 g/mol. The van der Waals surface area contributed by atoms with Crippen LogP contribution in [0.4, 0.5) is 5.82 Å². The monoisotopic (exact) mass is 482 g/mol. The molecule has 5 rings (SSSR count). The van der Waals surface area contributed by atoms with Crippen molar-refractivity contribution in [3.63, 3.8) is 0 Å². The Morgan fingerprint density at radius 2 is 1.97 bits per heavy atom. The summed E-state index contributed by atoms with van der Waals surface area (Å²) < 4.78 is 6.49. The molecule has 0 bridgehead atoms. The molecule has 0 saturated carbocycles. The summed E-state index contributed by atoms with van der Waals surface area (Å²) in [6.45, 7) is 8.60. The van der Waals surface area contributed by atoms with Gasteiger partial charge in [0.05, 0.1) is 27.7 Å². The van der Waals surface area contributed by atoms with Crippen molar-refractivity contribution in [1.29, 1.82) is 0 Å². The van der Waals surface area contributed by atoms with Crippen LogP contribution >= 0.6 is 22.9 Å². The van der Waals surface area contributed by atoms with Crippen LogP contribution in [0.2, 0.25) is 5.02 Å². The van der Waals surface area contributed by atoms with Crippen molar-refractivity contribution in [1.82, 2.24) is 24.8 Å². The summed E-state index contributed by atoms with van der Waals surface area (Å²) in [6, 6.07) is 8.41. The topological polar surface area (TPSA) is 76.1 Å². The lowest BCUT2D eigenvalue weighted by atomic mass is 10.1. The summed E-state index contributed by atoms with van der Waals surface area (Å²) in [5.41, 5.74) is 3.41. The summed E-state index contributed by atoms with van der Waals surface area (Å²) in [7, 11) is 0. The zero-order chi connectivity index (χ0) is 22.9. The highest BCUT2D eigenvalue weighted by Gasteiger charge is 2.24. The first-order valence-electron chi connectivity index (χ1n) is 11.3. The van der Waals surface area contributed by atoms with E-state index in [1.165, 1.54) is 11.3 Å². The molecule has 1 unspecified atom stereocenters. The van der Waals surface area contributed by atoms with Crippen molar-refractivity contribution >= 4 is 49.9 Å². The van der Waals surface area contributed by atoms with Crippen molar-refractivity contribution < 1.29 is 4.74 Å². The number of thiazole rings is 1. The first kappa shape index (κ1) is 22.3. The van der Waals surface area contributed by atoms with Gasteiger partial charge >= 0.3 is 0 Å². The van der Waals surface area contributed by atoms with Crippen LogP contribution < -0.4 is 10.1 Å². The predicted molar refractivity (Wildman–Crippen MR) is 134 cm³/mol. The van der Waals surface area contributed by atoms with Gasteiger partial charge in [-0.2, -0.15) is 0 Å². The number of aromatic nitrogens is 4. The second-order valence-corrected chi connectivity index (χ2v) is 9.97. The highest BCUT2D eigenvalue weighted by Crippen LogP contribution is 2.35. The number of benzene rings is 1. The smallest absolute Gasteiger partial charge is 0.223 e. The van der Waals surface area contributed by atoms with E-state index in [1.54, 1.807) is 11.8 Å². The molecule has 4 aromatic rings. The Morgan fingerprint density at radius 3 is 2.76 bits per heavy atom. The van der Waals surface area contributed by atoms with E-state index in [4.69, 9.17) is 21.3 Å². The zero-order valence-corrected chi connectivity index (χ0v) is 20.5. The second kappa shape index (κ2) is 9.37. The van der Waals surface area contributed by atoms with Crippen LogP contribution in [0.1, 0.15) is 45.3 Å². The molecule has 1 aliphatic rings. The summed E-state index contributed by atoms with van der Waals surface area (Å²) in [5, 5.41) is 5.98. The third-order valence-corrected chi connectivity index (χ3v) is 7.26. The largest absolute Gasteiger partial charge is 0.474 e. The van der Waals surface area contributed by atoms with E-state index in [2.05, 4.69) is 58.1 Å². The van der Waals surface area contributed by atoms with Crippen molar-refractivity contribution in [3.05, 3.63) is 46.8 Å². The van der Waals surface area contributed by atoms with Crippen molar-refractivity contribution in [2.45, 2.75) is 51.8 Å². The Kier molecular flexibility index (Phi) is 6.32. The van der Waals surface area contributed by atoms with Gasteiger partial charge < -0.3 is 15.0 Å². The SMILES string of the molecule is CC(Nc1ncnc2scnc12)c1cc2cccc(Cl)c2c(OC2CCN(C(C)C)CC2)n1. The molecule has 1 fully saturated rings. The van der Waals surface area contributed by atoms with E-state index >= 15 is 0 Å². The molecule has 4 heterocycles. The molecule has 0 radical (unpaired) electrons. The van der Waals surface area contributed by atoms with Crippen LogP contribution in [-0.4, -0.2) is 50.1 Å². The molecule has 0 spiro atoms. The molecule has 0 aliphatic carbocycles. The maximum Gasteiger partial charge on any atom is 0.223 e. The third kappa shape index (κ3) is 4.60. The van der Waals surface area contributed by atoms with Gasteiger partial charge in [0.2, 0.25) is 5.88 Å². The number of halogens is 1. The van der Waals surface area contributed by atoms with E-state index in [0.717, 1.165) is 52.7 Å². The lowest BCUT2D eigenvalue weighted by molar-refractivity contribution is 0.0822. The minimum Gasteiger partial charge on any atom is -0.474 e. The minimum absolute atomic E-state index is 0.113. The highest BCUT2D eigenvalue weighted by molar-refractivity contribution is 7.16. The summed E-state index contributed by atoms with van der Waals surface area (Å²) in [5.74, 6) is 1.30. The fourth-order valence-electron chi connectivity index (χ4n) is 4.31. The average molecular weight is 483 g/mol. The molecule has 1 saturated heterocycles. The molecular formula is C24H27ClN6OS. The number of likely N-dealkylation sites (tertiary alicyclic amines) is 1. The summed E-state index contributed by atoms with van der Waals surface area (Å²) in [6.07, 6.45) is 3.64. The maximum atomic E-state index is 6.59. The Balaban J connectivity index is 1.44. The van der Waals surface area contributed by atoms with Crippen molar-refractivity contribution in [2.75, 3.05) is 18.4 Å². The normalized spacial score (nSPS) is 16.5. The molecule has 3 aromatic heterocycles. The Hall–Kier alpha value is -2.55. The molecule has 9 heteroatoms. The van der Waals surface area contributed by atoms with Gasteiger partial charge in [0.15, 0.2) is 5.82 Å². The van der Waals surface area contributed by atoms with Gasteiger partial charge in [-0.15, -0.1) is 11.3 Å². The number of rotatable bonds is 6. The number of hydrogen-bond donors (Lipinski definition) is 1. The van der Waals surface area contributed by atoms with Crippen LogP contribution in [-0.2, 0) is 0 Å². The molecule has 1 N–H and O–H groups in total. The van der Waals surface area contributed by atoms with Gasteiger partial charge in [-0.1, -0.05) is 23.7 Å². The lowest BCUT2D eigenvalue weighted by Gasteiger charge is -2.34. The number of hydrogen-bond acceptors (Lipinski definition) is 8. The van der Waals surface area contributed by atoms with Gasteiger partial charge in [-0.25, -0.2) is 19.9 Å². The summed E-state index contributed by atoms with van der Waals surface area (Å²) in [4.78, 5) is 21.4. The number of pyridine rings is 1. The summed E-state index contributed by atoms with van der Waals surface area (Å²) >= 11 is 8.09. The number of anilines is 1. The number of ether oxygens (including phenoxy) is 1. The second-order valence-electron chi connectivity index (χ2n) is 8.73. The van der Waals surface area contributed by atoms with Gasteiger partial charge in [-0.05, 0) is 51.1 Å². The van der Waals surface area contributed by atoms with Gasteiger partial charge in [0.1, 0.15) is 22.8 Å². The fraction of sp³-hybridized carbons (Fsp3) is 0.417. The fourth-order valence-corrected chi connectivity index (χ4v) is 5.19. The lowest BCUT2D eigenvalue weighted by Crippen LogP contribution is -2.41. The molecule has 7 nitrogen and oxygen atoms in total. The van der Waals surface area contributed by atoms with E-state index in [9.17, 15) is 0 Å². The van der Waals surface area contributed by atoms with Gasteiger partial charge in [0.25, 0.3) is 0 Å². The van der Waals surface area contributed by atoms with E-state index < -0.39 is 0 Å². The van der Waals surface area contributed by atoms with Gasteiger partial charge in [-0.3, -0.25) is 0 Å². The van der Waals surface area contributed by atoms with Crippen LogP contribution in [0, 0.1) is 0 Å². The first-order chi connectivity index (χ1) is 16.0. The number of nitrogens with zero attached hydrogens (tertiary/aromatic N) is 5. The number of piperidine rings is 1. The Bertz CT molecular complexity index is 1270. The van der Waals surface area contributed by atoms with Crippen LogP contribution in [0.25, 0.3) is 21.1 Å². The number of fused-ring (bicyclic) bond motifs is 2. The average Bonchev–Trinajstić information content (AvgIpc) is 3.29. The Labute approximate surface area is 202 Å². The van der Waals surface area contributed by atoms with Crippen molar-refractivity contribution in [2.24, 2.45) is 0 Å². The quantitative estimate of drug-likeness (QED) is 0.377. The molecule has 1 aromatic carbocycles. The van der Waals surface area contributed by atoms with Crippen LogP contribution in [0.15, 0.2) is 36.1 Å². The highest BCUT2D eigenvalue weighted by atomic mass is 35.5. The van der Waals surface area contributed by atoms with Crippen LogP contribution in [0.3, 0.4) is 0 Å². The van der Waals surface area contributed by atoms with Crippen molar-refractivity contribution in [3.8, 4) is 5.88 Å². The molecule has 1 atom stereocenters. The molecule has 33 heavy (non-hydrogen) atoms. The zero-order valence-electron chi connectivity index (χ0n) is 19.0. The van der Waals surface area contributed by atoms with E-state index in [1.807, 2.05) is 12.1 Å². The molecule has 172 valence electrons. The molecule has 0 amide bonds. The standard InChI is InChI=1S/C24H27ClN6OS/c1-14(2)31-9-7-17(8-10-31)32-23-20-16(5-4-6-18(20)25)11-19(30-23)15(3)29-22-21-24(27-12-26-22)33-13-28-21/h4-6,11-15,17H,7-10H2,1-3H3,(H,26,27,29). The van der Waals surface area contributed by atoms with Gasteiger partial charge in [0, 0.05) is 19.1 Å². The number of nitrogens with one attached hydrogen (secondary N) is 1. The predicted octanol–water partition coefficient (Wildman–Crippen LogP) is 5.71. The molecule has 1 aliphatic heterocycles. The first-order valence-corrected chi connectivity index (χ1v) is 12.6. The maximum absolute atomic E-state index is 6.59. The minimum atomic E-state index is -0.113. The van der Waals surface area contributed by atoms with E-state index in [-0.39, 0.29) is 12.1 Å².